The lowest BCUT2D eigenvalue weighted by molar-refractivity contribution is 0.0946. The summed E-state index contributed by atoms with van der Waals surface area (Å²) in [4.78, 5) is 11.9. The van der Waals surface area contributed by atoms with Gasteiger partial charge in [-0.15, -0.1) is 0 Å². The number of hydrogen-bond donors (Lipinski definition) is 2. The van der Waals surface area contributed by atoms with E-state index in [0.29, 0.717) is 6.04 Å². The van der Waals surface area contributed by atoms with E-state index in [1.165, 1.54) is 0 Å². The standard InChI is InChI=1S/C14H20N2O/c1-4-15-11-7-5-10(6-8-11)13(17)16-12-9-14(12,2)3/h5-8,12,15H,4,9H2,1-3H3,(H,16,17). The maximum Gasteiger partial charge on any atom is 0.251 e. The molecule has 0 spiro atoms. The molecule has 1 saturated carbocycles. The van der Waals surface area contributed by atoms with E-state index < -0.39 is 0 Å². The van der Waals surface area contributed by atoms with Crippen molar-refractivity contribution in [3.05, 3.63) is 29.8 Å². The predicted octanol–water partition coefficient (Wildman–Crippen LogP) is 2.65. The van der Waals surface area contributed by atoms with Gasteiger partial charge in [0, 0.05) is 23.8 Å². The molecule has 1 aromatic rings. The summed E-state index contributed by atoms with van der Waals surface area (Å²) in [5, 5.41) is 6.26. The van der Waals surface area contributed by atoms with Gasteiger partial charge in [-0.1, -0.05) is 13.8 Å². The highest BCUT2D eigenvalue weighted by atomic mass is 16.1. The zero-order chi connectivity index (χ0) is 12.5. The van der Waals surface area contributed by atoms with Crippen molar-refractivity contribution < 1.29 is 4.79 Å². The molecule has 0 heterocycles. The third-order valence-corrected chi connectivity index (χ3v) is 3.35. The average Bonchev–Trinajstić information content (AvgIpc) is 2.87. The van der Waals surface area contributed by atoms with Gasteiger partial charge in [0.25, 0.3) is 5.91 Å². The molecule has 0 aromatic heterocycles. The van der Waals surface area contributed by atoms with Crippen LogP contribution in [0.4, 0.5) is 5.69 Å². The van der Waals surface area contributed by atoms with Crippen molar-refractivity contribution in [1.29, 1.82) is 0 Å². The molecule has 1 aliphatic rings. The number of carbonyl (C=O) groups excluding carboxylic acids is 1. The van der Waals surface area contributed by atoms with Crippen LogP contribution < -0.4 is 10.6 Å². The van der Waals surface area contributed by atoms with Gasteiger partial charge in [0.05, 0.1) is 0 Å². The molecule has 1 amide bonds. The molecule has 2 rings (SSSR count). The van der Waals surface area contributed by atoms with Crippen molar-refractivity contribution in [2.45, 2.75) is 33.2 Å². The Hall–Kier alpha value is -1.51. The molecule has 2 N–H and O–H groups in total. The largest absolute Gasteiger partial charge is 0.385 e. The molecule has 0 aliphatic heterocycles. The molecule has 17 heavy (non-hydrogen) atoms. The van der Waals surface area contributed by atoms with Crippen LogP contribution in [-0.2, 0) is 0 Å². The Balaban J connectivity index is 1.95. The van der Waals surface area contributed by atoms with Crippen LogP contribution in [0.15, 0.2) is 24.3 Å². The zero-order valence-corrected chi connectivity index (χ0v) is 10.7. The Labute approximate surface area is 103 Å². The van der Waals surface area contributed by atoms with Gasteiger partial charge in [0.2, 0.25) is 0 Å². The number of rotatable bonds is 4. The molecule has 3 heteroatoms. The second kappa shape index (κ2) is 4.40. The smallest absolute Gasteiger partial charge is 0.251 e. The van der Waals surface area contributed by atoms with Crippen molar-refractivity contribution in [3.63, 3.8) is 0 Å². The molecule has 1 aliphatic carbocycles. The number of carbonyl (C=O) groups is 1. The van der Waals surface area contributed by atoms with Crippen LogP contribution in [0.5, 0.6) is 0 Å². The van der Waals surface area contributed by atoms with Crippen molar-refractivity contribution in [3.8, 4) is 0 Å². The topological polar surface area (TPSA) is 41.1 Å². The highest BCUT2D eigenvalue weighted by Gasteiger charge is 2.46. The minimum atomic E-state index is 0.0311. The van der Waals surface area contributed by atoms with Gasteiger partial charge in [-0.05, 0) is 43.0 Å². The summed E-state index contributed by atoms with van der Waals surface area (Å²) in [5.41, 5.74) is 2.06. The third kappa shape index (κ3) is 2.78. The van der Waals surface area contributed by atoms with Gasteiger partial charge in [-0.2, -0.15) is 0 Å². The lowest BCUT2D eigenvalue weighted by atomic mass is 10.1. The summed E-state index contributed by atoms with van der Waals surface area (Å²) in [6.45, 7) is 7.29. The minimum absolute atomic E-state index is 0.0311. The SMILES string of the molecule is CCNc1ccc(C(=O)NC2CC2(C)C)cc1. The Kier molecular flexibility index (Phi) is 3.09. The van der Waals surface area contributed by atoms with E-state index >= 15 is 0 Å². The molecule has 1 fully saturated rings. The van der Waals surface area contributed by atoms with Crippen molar-refractivity contribution in [2.24, 2.45) is 5.41 Å². The van der Waals surface area contributed by atoms with Gasteiger partial charge in [0.15, 0.2) is 0 Å². The van der Waals surface area contributed by atoms with E-state index in [2.05, 4.69) is 31.4 Å². The fraction of sp³-hybridized carbons (Fsp3) is 0.500. The number of benzene rings is 1. The summed E-state index contributed by atoms with van der Waals surface area (Å²) in [5.74, 6) is 0.0311. The maximum atomic E-state index is 11.9. The third-order valence-electron chi connectivity index (χ3n) is 3.35. The molecule has 1 aromatic carbocycles. The van der Waals surface area contributed by atoms with E-state index in [-0.39, 0.29) is 11.3 Å². The van der Waals surface area contributed by atoms with E-state index in [9.17, 15) is 4.79 Å². The first-order valence-corrected chi connectivity index (χ1v) is 6.18. The van der Waals surface area contributed by atoms with E-state index in [0.717, 1.165) is 24.2 Å². The summed E-state index contributed by atoms with van der Waals surface area (Å²) >= 11 is 0. The van der Waals surface area contributed by atoms with Crippen LogP contribution in [0.1, 0.15) is 37.6 Å². The first-order chi connectivity index (χ1) is 8.03. The lowest BCUT2D eigenvalue weighted by Crippen LogP contribution is -2.28. The Morgan fingerprint density at radius 3 is 2.41 bits per heavy atom. The summed E-state index contributed by atoms with van der Waals surface area (Å²) < 4.78 is 0. The molecule has 1 unspecified atom stereocenters. The van der Waals surface area contributed by atoms with Crippen molar-refractivity contribution in [1.82, 2.24) is 5.32 Å². The summed E-state index contributed by atoms with van der Waals surface area (Å²) in [7, 11) is 0. The molecule has 0 saturated heterocycles. The van der Waals surface area contributed by atoms with E-state index in [4.69, 9.17) is 0 Å². The Morgan fingerprint density at radius 1 is 1.35 bits per heavy atom. The molecular weight excluding hydrogens is 212 g/mol. The summed E-state index contributed by atoms with van der Waals surface area (Å²) in [6.07, 6.45) is 1.08. The number of anilines is 1. The maximum absolute atomic E-state index is 11.9. The first kappa shape index (κ1) is 12.0. The zero-order valence-electron chi connectivity index (χ0n) is 10.7. The first-order valence-electron chi connectivity index (χ1n) is 6.18. The second-order valence-corrected chi connectivity index (χ2v) is 5.33. The van der Waals surface area contributed by atoms with Gasteiger partial charge in [0.1, 0.15) is 0 Å². The molecule has 92 valence electrons. The molecule has 3 nitrogen and oxygen atoms in total. The number of amides is 1. The van der Waals surface area contributed by atoms with Crippen LogP contribution in [0.25, 0.3) is 0 Å². The lowest BCUT2D eigenvalue weighted by Gasteiger charge is -2.08. The van der Waals surface area contributed by atoms with Crippen molar-refractivity contribution >= 4 is 11.6 Å². The van der Waals surface area contributed by atoms with Crippen LogP contribution in [-0.4, -0.2) is 18.5 Å². The molecule has 0 radical (unpaired) electrons. The van der Waals surface area contributed by atoms with Gasteiger partial charge in [-0.25, -0.2) is 0 Å². The van der Waals surface area contributed by atoms with Crippen molar-refractivity contribution in [2.75, 3.05) is 11.9 Å². The normalized spacial score (nSPS) is 20.8. The van der Waals surface area contributed by atoms with Gasteiger partial charge >= 0.3 is 0 Å². The monoisotopic (exact) mass is 232 g/mol. The van der Waals surface area contributed by atoms with Crippen LogP contribution in [0.2, 0.25) is 0 Å². The van der Waals surface area contributed by atoms with Crippen LogP contribution in [0, 0.1) is 5.41 Å². The van der Waals surface area contributed by atoms with Crippen LogP contribution >= 0.6 is 0 Å². The van der Waals surface area contributed by atoms with Crippen LogP contribution in [0.3, 0.4) is 0 Å². The second-order valence-electron chi connectivity index (χ2n) is 5.33. The Morgan fingerprint density at radius 2 is 1.94 bits per heavy atom. The molecule has 0 bridgehead atoms. The predicted molar refractivity (Wildman–Crippen MR) is 70.3 cm³/mol. The highest BCUT2D eigenvalue weighted by molar-refractivity contribution is 5.95. The highest BCUT2D eigenvalue weighted by Crippen LogP contribution is 2.44. The quantitative estimate of drug-likeness (QED) is 0.838. The Bertz CT molecular complexity index is 409. The fourth-order valence-electron chi connectivity index (χ4n) is 1.90. The minimum Gasteiger partial charge on any atom is -0.385 e. The van der Waals surface area contributed by atoms with E-state index in [1.54, 1.807) is 0 Å². The molecular formula is C14H20N2O. The number of hydrogen-bond acceptors (Lipinski definition) is 2. The average molecular weight is 232 g/mol. The van der Waals surface area contributed by atoms with Gasteiger partial charge < -0.3 is 10.6 Å². The van der Waals surface area contributed by atoms with E-state index in [1.807, 2.05) is 24.3 Å². The van der Waals surface area contributed by atoms with Gasteiger partial charge in [-0.3, -0.25) is 4.79 Å². The fourth-order valence-corrected chi connectivity index (χ4v) is 1.90. The summed E-state index contributed by atoms with van der Waals surface area (Å²) in [6, 6.07) is 7.95. The molecule has 1 atom stereocenters. The number of nitrogens with one attached hydrogen (secondary N) is 2.